The van der Waals surface area contributed by atoms with E-state index in [1.54, 1.807) is 6.92 Å². The summed E-state index contributed by atoms with van der Waals surface area (Å²) in [4.78, 5) is 0. The van der Waals surface area contributed by atoms with Gasteiger partial charge in [0.15, 0.2) is 0 Å². The van der Waals surface area contributed by atoms with Gasteiger partial charge in [-0.25, -0.2) is 0 Å². The van der Waals surface area contributed by atoms with E-state index in [2.05, 4.69) is 16.8 Å². The number of hydrogen-bond donors (Lipinski definition) is 1. The van der Waals surface area contributed by atoms with Gasteiger partial charge in [0.1, 0.15) is 0 Å². The molecule has 0 saturated carbocycles. The molecule has 0 aliphatic rings. The van der Waals surface area contributed by atoms with Crippen molar-refractivity contribution < 1.29 is 12.6 Å². The van der Waals surface area contributed by atoms with Crippen molar-refractivity contribution in [1.82, 2.24) is 0 Å². The van der Waals surface area contributed by atoms with E-state index in [-0.39, 0.29) is 12.4 Å². The summed E-state index contributed by atoms with van der Waals surface area (Å²) in [5.41, 5.74) is 0. The van der Waals surface area contributed by atoms with Gasteiger partial charge in [-0.2, -0.15) is 21.0 Å². The average molecular weight is 184 g/mol. The van der Waals surface area contributed by atoms with Crippen molar-refractivity contribution in [3.63, 3.8) is 0 Å². The molecule has 0 aliphatic heterocycles. The Bertz CT molecular complexity index is 162. The summed E-state index contributed by atoms with van der Waals surface area (Å²) in [5, 5.41) is 0. The molecule has 0 aromatic carbocycles. The minimum absolute atomic E-state index is 0.0737. The fourth-order valence-electron chi connectivity index (χ4n) is 0.480. The highest BCUT2D eigenvalue weighted by atomic mass is 32.2. The van der Waals surface area contributed by atoms with Gasteiger partial charge < -0.3 is 0 Å². The van der Waals surface area contributed by atoms with Gasteiger partial charge in [-0.15, -0.1) is 0 Å². The Morgan fingerprint density at radius 2 is 2.10 bits per heavy atom. The first-order valence-electron chi connectivity index (χ1n) is 3.10. The molecule has 0 N–H and O–H groups in total. The maximum absolute atomic E-state index is 10.7. The summed E-state index contributed by atoms with van der Waals surface area (Å²) in [6.07, 6.45) is 0.547. The summed E-state index contributed by atoms with van der Waals surface area (Å²) in [5.74, 6) is 0.649. The monoisotopic (exact) mass is 184 g/mol. The van der Waals surface area contributed by atoms with E-state index < -0.39 is 10.1 Å². The minimum atomic E-state index is -3.24. The lowest BCUT2D eigenvalue weighted by Gasteiger charge is -1.99. The van der Waals surface area contributed by atoms with Crippen LogP contribution in [0.4, 0.5) is 0 Å². The van der Waals surface area contributed by atoms with Crippen LogP contribution in [-0.2, 0) is 14.3 Å². The average Bonchev–Trinajstić information content (AvgIpc) is 1.84. The lowest BCUT2D eigenvalue weighted by Crippen LogP contribution is -2.10. The van der Waals surface area contributed by atoms with Gasteiger partial charge in [-0.1, -0.05) is 0 Å². The zero-order valence-electron chi connectivity index (χ0n) is 5.91. The van der Waals surface area contributed by atoms with Crippen molar-refractivity contribution in [3.8, 4) is 0 Å². The summed E-state index contributed by atoms with van der Waals surface area (Å²) in [6.45, 7) is 1.87. The molecular weight excluding hydrogens is 172 g/mol. The Morgan fingerprint density at radius 3 is 2.50 bits per heavy atom. The molecule has 5 heteroatoms. The van der Waals surface area contributed by atoms with E-state index in [1.165, 1.54) is 0 Å². The van der Waals surface area contributed by atoms with Gasteiger partial charge in [0.2, 0.25) is 0 Å². The normalized spacial score (nSPS) is 11.8. The van der Waals surface area contributed by atoms with Crippen LogP contribution in [0.25, 0.3) is 0 Å². The van der Waals surface area contributed by atoms with Crippen LogP contribution in [0.15, 0.2) is 0 Å². The molecule has 0 atom stereocenters. The molecule has 10 heavy (non-hydrogen) atoms. The van der Waals surface area contributed by atoms with Crippen molar-refractivity contribution in [2.75, 3.05) is 18.1 Å². The minimum Gasteiger partial charge on any atom is -0.270 e. The van der Waals surface area contributed by atoms with Gasteiger partial charge in [-0.05, 0) is 19.1 Å². The Morgan fingerprint density at radius 1 is 1.50 bits per heavy atom. The molecule has 0 fully saturated rings. The van der Waals surface area contributed by atoms with Gasteiger partial charge in [0.05, 0.1) is 12.4 Å². The number of rotatable bonds is 5. The molecule has 0 amide bonds. The second-order valence-electron chi connectivity index (χ2n) is 1.75. The molecule has 0 aromatic heterocycles. The van der Waals surface area contributed by atoms with E-state index in [1.807, 2.05) is 0 Å². The first-order chi connectivity index (χ1) is 4.62. The predicted molar refractivity (Wildman–Crippen MR) is 43.9 cm³/mol. The Labute approximate surface area is 67.3 Å². The van der Waals surface area contributed by atoms with Crippen LogP contribution in [0.3, 0.4) is 0 Å². The SMILES string of the molecule is CCOS(=O)(=O)CCCS. The van der Waals surface area contributed by atoms with Crippen LogP contribution < -0.4 is 0 Å². The second-order valence-corrected chi connectivity index (χ2v) is 3.95. The Balaban J connectivity index is 3.65. The van der Waals surface area contributed by atoms with Crippen LogP contribution >= 0.6 is 12.6 Å². The van der Waals surface area contributed by atoms with Crippen molar-refractivity contribution in [1.29, 1.82) is 0 Å². The van der Waals surface area contributed by atoms with Crippen molar-refractivity contribution in [3.05, 3.63) is 0 Å². The molecular formula is C5H12O3S2. The van der Waals surface area contributed by atoms with Crippen LogP contribution in [0, 0.1) is 0 Å². The topological polar surface area (TPSA) is 43.4 Å². The molecule has 0 spiro atoms. The van der Waals surface area contributed by atoms with Crippen molar-refractivity contribution in [2.45, 2.75) is 13.3 Å². The highest BCUT2D eigenvalue weighted by molar-refractivity contribution is 7.86. The Hall–Kier alpha value is 0.260. The van der Waals surface area contributed by atoms with E-state index >= 15 is 0 Å². The summed E-state index contributed by atoms with van der Waals surface area (Å²) in [7, 11) is -3.24. The summed E-state index contributed by atoms with van der Waals surface area (Å²) in [6, 6.07) is 0. The molecule has 0 heterocycles. The van der Waals surface area contributed by atoms with Crippen molar-refractivity contribution in [2.24, 2.45) is 0 Å². The second kappa shape index (κ2) is 4.98. The van der Waals surface area contributed by atoms with Gasteiger partial charge in [-0.3, -0.25) is 4.18 Å². The smallest absolute Gasteiger partial charge is 0.267 e. The highest BCUT2D eigenvalue weighted by Crippen LogP contribution is 1.96. The maximum atomic E-state index is 10.7. The predicted octanol–water partition coefficient (Wildman–Crippen LogP) is 0.673. The van der Waals surface area contributed by atoms with Crippen LogP contribution in [0.5, 0.6) is 0 Å². The van der Waals surface area contributed by atoms with E-state index in [0.29, 0.717) is 12.2 Å². The number of hydrogen-bond acceptors (Lipinski definition) is 4. The van der Waals surface area contributed by atoms with E-state index in [9.17, 15) is 8.42 Å². The van der Waals surface area contributed by atoms with Crippen LogP contribution in [0.2, 0.25) is 0 Å². The number of thiol groups is 1. The van der Waals surface area contributed by atoms with Gasteiger partial charge >= 0.3 is 0 Å². The zero-order valence-corrected chi connectivity index (χ0v) is 7.62. The molecule has 0 bridgehead atoms. The van der Waals surface area contributed by atoms with E-state index in [4.69, 9.17) is 0 Å². The molecule has 0 unspecified atom stereocenters. The first-order valence-corrected chi connectivity index (χ1v) is 5.31. The zero-order chi connectivity index (χ0) is 8.04. The summed E-state index contributed by atoms with van der Waals surface area (Å²) < 4.78 is 25.9. The fourth-order valence-corrected chi connectivity index (χ4v) is 1.83. The fraction of sp³-hybridized carbons (Fsp3) is 1.00. The highest BCUT2D eigenvalue weighted by Gasteiger charge is 2.07. The molecule has 3 nitrogen and oxygen atoms in total. The molecule has 0 saturated heterocycles. The largest absolute Gasteiger partial charge is 0.270 e. The van der Waals surface area contributed by atoms with E-state index in [0.717, 1.165) is 0 Å². The third-order valence-electron chi connectivity index (χ3n) is 0.850. The lowest BCUT2D eigenvalue weighted by atomic mass is 10.6. The van der Waals surface area contributed by atoms with Gasteiger partial charge in [0, 0.05) is 0 Å². The molecule has 0 aromatic rings. The quantitative estimate of drug-likeness (QED) is 0.504. The van der Waals surface area contributed by atoms with Crippen LogP contribution in [0.1, 0.15) is 13.3 Å². The summed E-state index contributed by atoms with van der Waals surface area (Å²) >= 11 is 3.88. The molecule has 0 aliphatic carbocycles. The third kappa shape index (κ3) is 5.08. The molecule has 0 rings (SSSR count). The molecule has 62 valence electrons. The lowest BCUT2D eigenvalue weighted by molar-refractivity contribution is 0.338. The van der Waals surface area contributed by atoms with Gasteiger partial charge in [0.25, 0.3) is 10.1 Å². The molecule has 0 radical (unpaired) electrons. The van der Waals surface area contributed by atoms with Crippen LogP contribution in [-0.4, -0.2) is 26.5 Å². The first kappa shape index (κ1) is 10.3. The Kier molecular flexibility index (Phi) is 5.11. The third-order valence-corrected chi connectivity index (χ3v) is 2.55. The van der Waals surface area contributed by atoms with Crippen molar-refractivity contribution >= 4 is 22.7 Å². The standard InChI is InChI=1S/C5H12O3S2/c1-2-8-10(6,7)5-3-4-9/h9H,2-5H2,1H3. The maximum Gasteiger partial charge on any atom is 0.267 e.